The van der Waals surface area contributed by atoms with Crippen molar-refractivity contribution < 1.29 is 9.32 Å². The van der Waals surface area contributed by atoms with Gasteiger partial charge in [0.15, 0.2) is 0 Å². The van der Waals surface area contributed by atoms with Gasteiger partial charge in [-0.1, -0.05) is 32.9 Å². The lowest BCUT2D eigenvalue weighted by atomic mass is 10.0. The molecule has 1 aliphatic rings. The van der Waals surface area contributed by atoms with Crippen LogP contribution in [-0.2, 0) is 24.1 Å². The summed E-state index contributed by atoms with van der Waals surface area (Å²) in [5, 5.41) is 13.4. The van der Waals surface area contributed by atoms with Crippen molar-refractivity contribution in [3.8, 4) is 6.07 Å². The molecule has 6 heteroatoms. The number of aromatic nitrogens is 1. The Labute approximate surface area is 144 Å². The number of aryl methyl sites for hydroxylation is 2. The molecule has 6 nitrogen and oxygen atoms in total. The molecule has 1 fully saturated rings. The maximum Gasteiger partial charge on any atom is 0.227 e. The van der Waals surface area contributed by atoms with Gasteiger partial charge in [-0.2, -0.15) is 5.26 Å². The van der Waals surface area contributed by atoms with E-state index >= 15 is 0 Å². The summed E-state index contributed by atoms with van der Waals surface area (Å²) in [5.74, 6) is 1.25. The second-order valence-electron chi connectivity index (χ2n) is 6.65. The maximum atomic E-state index is 12.7. The molecule has 2 rings (SSSR count). The first kappa shape index (κ1) is 18.5. The monoisotopic (exact) mass is 332 g/mol. The minimum absolute atomic E-state index is 0.0706. The molecule has 1 aromatic rings. The minimum atomic E-state index is -0.0706. The van der Waals surface area contributed by atoms with E-state index in [0.29, 0.717) is 25.4 Å². The molecule has 0 radical (unpaired) electrons. The summed E-state index contributed by atoms with van der Waals surface area (Å²) in [7, 11) is 0. The molecule has 0 saturated carbocycles. The molecule has 1 aromatic heterocycles. The number of hydrogen-bond donors (Lipinski definition) is 0. The quantitative estimate of drug-likeness (QED) is 0.797. The third-order valence-electron chi connectivity index (χ3n) is 4.76. The lowest BCUT2D eigenvalue weighted by molar-refractivity contribution is -0.132. The molecule has 132 valence electrons. The van der Waals surface area contributed by atoms with E-state index in [2.05, 4.69) is 30.0 Å². The van der Waals surface area contributed by atoms with Gasteiger partial charge in [0.2, 0.25) is 5.91 Å². The Kier molecular flexibility index (Phi) is 6.38. The summed E-state index contributed by atoms with van der Waals surface area (Å²) >= 11 is 0. The van der Waals surface area contributed by atoms with Gasteiger partial charge in [-0.3, -0.25) is 9.69 Å². The van der Waals surface area contributed by atoms with Crippen molar-refractivity contribution in [2.24, 2.45) is 5.92 Å². The van der Waals surface area contributed by atoms with Crippen LogP contribution in [0.3, 0.4) is 0 Å². The third kappa shape index (κ3) is 3.96. The first-order valence-corrected chi connectivity index (χ1v) is 8.89. The van der Waals surface area contributed by atoms with E-state index in [0.717, 1.165) is 42.9 Å². The number of hydrogen-bond acceptors (Lipinski definition) is 5. The van der Waals surface area contributed by atoms with E-state index in [9.17, 15) is 10.1 Å². The van der Waals surface area contributed by atoms with Crippen molar-refractivity contribution in [1.82, 2.24) is 15.0 Å². The van der Waals surface area contributed by atoms with Crippen molar-refractivity contribution in [2.75, 3.05) is 26.2 Å². The number of nitrogens with zero attached hydrogens (tertiary/aromatic N) is 4. The summed E-state index contributed by atoms with van der Waals surface area (Å²) in [5.41, 5.74) is 1.85. The Morgan fingerprint density at radius 3 is 2.42 bits per heavy atom. The summed E-state index contributed by atoms with van der Waals surface area (Å²) in [6, 6.07) is 2.31. The van der Waals surface area contributed by atoms with Crippen molar-refractivity contribution in [2.45, 2.75) is 53.0 Å². The second kappa shape index (κ2) is 8.29. The van der Waals surface area contributed by atoms with Gasteiger partial charge in [-0.25, -0.2) is 0 Å². The van der Waals surface area contributed by atoms with Crippen LogP contribution in [0.25, 0.3) is 0 Å². The van der Waals surface area contributed by atoms with E-state index in [1.807, 2.05) is 18.7 Å². The maximum absolute atomic E-state index is 12.7. The molecule has 1 atom stereocenters. The van der Waals surface area contributed by atoms with Crippen LogP contribution >= 0.6 is 0 Å². The lowest BCUT2D eigenvalue weighted by Gasteiger charge is -2.38. The zero-order valence-corrected chi connectivity index (χ0v) is 15.2. The SMILES string of the molecule is CCc1noc(CC)c1CC(=O)N1CCN([C@H](C#N)C(C)C)CC1. The molecular formula is C18H28N4O2. The second-order valence-corrected chi connectivity index (χ2v) is 6.65. The predicted octanol–water partition coefficient (Wildman–Crippen LogP) is 2.03. The molecule has 1 saturated heterocycles. The van der Waals surface area contributed by atoms with Crippen LogP contribution in [0.2, 0.25) is 0 Å². The van der Waals surface area contributed by atoms with Crippen molar-refractivity contribution >= 4 is 5.91 Å². The molecule has 0 unspecified atom stereocenters. The first-order valence-electron chi connectivity index (χ1n) is 8.89. The van der Waals surface area contributed by atoms with Gasteiger partial charge in [0.1, 0.15) is 11.8 Å². The molecule has 24 heavy (non-hydrogen) atoms. The fourth-order valence-electron chi connectivity index (χ4n) is 3.30. The Morgan fingerprint density at radius 1 is 1.25 bits per heavy atom. The zero-order valence-electron chi connectivity index (χ0n) is 15.2. The molecule has 0 aromatic carbocycles. The number of carbonyl (C=O) groups is 1. The van der Waals surface area contributed by atoms with E-state index in [1.165, 1.54) is 0 Å². The van der Waals surface area contributed by atoms with Gasteiger partial charge >= 0.3 is 0 Å². The number of carbonyl (C=O) groups excluding carboxylic acids is 1. The molecule has 0 bridgehead atoms. The Balaban J connectivity index is 1.96. The van der Waals surface area contributed by atoms with Crippen molar-refractivity contribution in [1.29, 1.82) is 5.26 Å². The molecule has 1 amide bonds. The Hall–Kier alpha value is -1.87. The number of nitriles is 1. The molecule has 1 aliphatic heterocycles. The Bertz CT molecular complexity index is 573. The number of piperazine rings is 1. The first-order chi connectivity index (χ1) is 11.5. The average Bonchev–Trinajstić information content (AvgIpc) is 2.97. The van der Waals surface area contributed by atoms with E-state index < -0.39 is 0 Å². The predicted molar refractivity (Wildman–Crippen MR) is 91.4 cm³/mol. The standard InChI is InChI=1S/C18H28N4O2/c1-5-15-14(17(6-2)24-20-15)11-18(23)22-9-7-21(8-10-22)16(12-19)13(3)4/h13,16H,5-11H2,1-4H3/t16-/m1/s1. The highest BCUT2D eigenvalue weighted by Gasteiger charge is 2.28. The van der Waals surface area contributed by atoms with Gasteiger partial charge in [0, 0.05) is 38.2 Å². The van der Waals surface area contributed by atoms with Gasteiger partial charge in [-0.15, -0.1) is 0 Å². The van der Waals surface area contributed by atoms with Gasteiger partial charge < -0.3 is 9.42 Å². The van der Waals surface area contributed by atoms with E-state index in [1.54, 1.807) is 0 Å². The van der Waals surface area contributed by atoms with Crippen LogP contribution in [0, 0.1) is 17.2 Å². The molecule has 0 N–H and O–H groups in total. The average molecular weight is 332 g/mol. The summed E-state index contributed by atoms with van der Waals surface area (Å²) < 4.78 is 5.35. The van der Waals surface area contributed by atoms with Gasteiger partial charge in [0.25, 0.3) is 0 Å². The van der Waals surface area contributed by atoms with E-state index in [4.69, 9.17) is 4.52 Å². The fourth-order valence-corrected chi connectivity index (χ4v) is 3.30. The zero-order chi connectivity index (χ0) is 17.7. The minimum Gasteiger partial charge on any atom is -0.361 e. The number of rotatable bonds is 6. The fraction of sp³-hybridized carbons (Fsp3) is 0.722. The summed E-state index contributed by atoms with van der Waals surface area (Å²) in [6.45, 7) is 11.0. The van der Waals surface area contributed by atoms with Crippen molar-refractivity contribution in [3.05, 3.63) is 17.0 Å². The highest BCUT2D eigenvalue weighted by molar-refractivity contribution is 5.79. The molecule has 2 heterocycles. The summed E-state index contributed by atoms with van der Waals surface area (Å²) in [4.78, 5) is 16.7. The summed E-state index contributed by atoms with van der Waals surface area (Å²) in [6.07, 6.45) is 1.89. The van der Waals surface area contributed by atoms with Gasteiger partial charge in [0.05, 0.1) is 18.2 Å². The third-order valence-corrected chi connectivity index (χ3v) is 4.76. The van der Waals surface area contributed by atoms with Crippen LogP contribution < -0.4 is 0 Å². The van der Waals surface area contributed by atoms with Crippen LogP contribution in [0.5, 0.6) is 0 Å². The molecule has 0 aliphatic carbocycles. The van der Waals surface area contributed by atoms with E-state index in [-0.39, 0.29) is 11.9 Å². The van der Waals surface area contributed by atoms with Crippen LogP contribution in [0.15, 0.2) is 4.52 Å². The number of amides is 1. The smallest absolute Gasteiger partial charge is 0.227 e. The molecular weight excluding hydrogens is 304 g/mol. The van der Waals surface area contributed by atoms with Gasteiger partial charge in [-0.05, 0) is 12.3 Å². The Morgan fingerprint density at radius 2 is 1.92 bits per heavy atom. The normalized spacial score (nSPS) is 17.1. The van der Waals surface area contributed by atoms with Crippen molar-refractivity contribution in [3.63, 3.8) is 0 Å². The largest absolute Gasteiger partial charge is 0.361 e. The van der Waals surface area contributed by atoms with Crippen LogP contribution in [0.4, 0.5) is 0 Å². The highest BCUT2D eigenvalue weighted by Crippen LogP contribution is 2.19. The highest BCUT2D eigenvalue weighted by atomic mass is 16.5. The molecule has 0 spiro atoms. The lowest BCUT2D eigenvalue weighted by Crippen LogP contribution is -2.53. The van der Waals surface area contributed by atoms with Crippen LogP contribution in [0.1, 0.15) is 44.7 Å². The van der Waals surface area contributed by atoms with Crippen LogP contribution in [-0.4, -0.2) is 53.1 Å². The topological polar surface area (TPSA) is 73.4 Å².